The van der Waals surface area contributed by atoms with Crippen LogP contribution in [0.25, 0.3) is 0 Å². The van der Waals surface area contributed by atoms with Gasteiger partial charge in [-0.05, 0) is 54.7 Å². The predicted octanol–water partition coefficient (Wildman–Crippen LogP) is 2.48. The summed E-state index contributed by atoms with van der Waals surface area (Å²) in [7, 11) is 0. The lowest BCUT2D eigenvalue weighted by Crippen LogP contribution is -2.51. The summed E-state index contributed by atoms with van der Waals surface area (Å²) in [4.78, 5) is 4.21. The van der Waals surface area contributed by atoms with E-state index in [-0.39, 0.29) is 12.0 Å². The number of aliphatic hydroxyl groups is 2. The smallest absolute Gasteiger partial charge is 0.0831 e. The van der Waals surface area contributed by atoms with Crippen LogP contribution in [0.3, 0.4) is 0 Å². The normalized spacial score (nSPS) is 32.0. The topological polar surface area (TPSA) is 65.4 Å². The SMILES string of the molecule is O[C@H]1[C@@H]2C[C@H](NC(CCc3cccnc3)c3ccccc3)[C@@H]2C[C@H]1O. The highest BCUT2D eigenvalue weighted by Crippen LogP contribution is 2.48. The first-order chi connectivity index (χ1) is 12.2. The number of hydrogen-bond acceptors (Lipinski definition) is 4. The van der Waals surface area contributed by atoms with Crippen molar-refractivity contribution in [2.24, 2.45) is 11.8 Å². The van der Waals surface area contributed by atoms with E-state index in [1.807, 2.05) is 24.5 Å². The Bertz CT molecular complexity index is 679. The zero-order valence-electron chi connectivity index (χ0n) is 14.3. The van der Waals surface area contributed by atoms with Crippen LogP contribution in [0, 0.1) is 11.8 Å². The van der Waals surface area contributed by atoms with Gasteiger partial charge in [0.2, 0.25) is 0 Å². The second-order valence-corrected chi connectivity index (χ2v) is 7.49. The van der Waals surface area contributed by atoms with Gasteiger partial charge in [0, 0.05) is 24.5 Å². The Balaban J connectivity index is 1.43. The number of fused-ring (bicyclic) bond motifs is 1. The predicted molar refractivity (Wildman–Crippen MR) is 96.9 cm³/mol. The van der Waals surface area contributed by atoms with E-state index < -0.39 is 12.2 Å². The second kappa shape index (κ2) is 7.24. The summed E-state index contributed by atoms with van der Waals surface area (Å²) in [6.07, 6.45) is 6.32. The molecule has 2 aliphatic carbocycles. The van der Waals surface area contributed by atoms with Gasteiger partial charge in [0.1, 0.15) is 0 Å². The highest BCUT2D eigenvalue weighted by atomic mass is 16.3. The van der Waals surface area contributed by atoms with Crippen LogP contribution in [0.5, 0.6) is 0 Å². The van der Waals surface area contributed by atoms with Gasteiger partial charge in [0.05, 0.1) is 12.2 Å². The third kappa shape index (κ3) is 3.47. The van der Waals surface area contributed by atoms with Crippen molar-refractivity contribution < 1.29 is 10.2 Å². The van der Waals surface area contributed by atoms with Gasteiger partial charge in [-0.25, -0.2) is 0 Å². The molecule has 4 rings (SSSR count). The fourth-order valence-corrected chi connectivity index (χ4v) is 4.52. The maximum atomic E-state index is 10.0. The highest BCUT2D eigenvalue weighted by Gasteiger charge is 2.53. The molecule has 0 amide bonds. The van der Waals surface area contributed by atoms with Crippen LogP contribution in [0.4, 0.5) is 0 Å². The van der Waals surface area contributed by atoms with E-state index in [1.165, 1.54) is 11.1 Å². The first-order valence-corrected chi connectivity index (χ1v) is 9.28. The number of aromatic nitrogens is 1. The van der Waals surface area contributed by atoms with Crippen molar-refractivity contribution in [3.63, 3.8) is 0 Å². The van der Waals surface area contributed by atoms with Gasteiger partial charge in [-0.15, -0.1) is 0 Å². The first-order valence-electron chi connectivity index (χ1n) is 9.28. The van der Waals surface area contributed by atoms with Gasteiger partial charge in [-0.2, -0.15) is 0 Å². The number of aryl methyl sites for hydroxylation is 1. The summed E-state index contributed by atoms with van der Waals surface area (Å²) in [5.74, 6) is 0.664. The third-order valence-electron chi connectivity index (χ3n) is 6.00. The molecule has 2 fully saturated rings. The Morgan fingerprint density at radius 2 is 1.88 bits per heavy atom. The van der Waals surface area contributed by atoms with E-state index in [1.54, 1.807) is 0 Å². The Hall–Kier alpha value is -1.75. The molecule has 1 heterocycles. The van der Waals surface area contributed by atoms with Crippen LogP contribution in [-0.4, -0.2) is 33.4 Å². The van der Waals surface area contributed by atoms with Gasteiger partial charge in [-0.1, -0.05) is 36.4 Å². The van der Waals surface area contributed by atoms with Crippen LogP contribution in [0.1, 0.15) is 36.4 Å². The number of nitrogens with one attached hydrogen (secondary N) is 1. The minimum atomic E-state index is -0.549. The number of aliphatic hydroxyl groups excluding tert-OH is 2. The van der Waals surface area contributed by atoms with Crippen LogP contribution < -0.4 is 5.32 Å². The standard InChI is InChI=1S/C21H26N2O2/c24-20-12-16-17(21(20)25)11-19(16)23-18(15-6-2-1-3-7-15)9-8-14-5-4-10-22-13-14/h1-7,10,13,16-21,23-25H,8-9,11-12H2/t16-,17-,18?,19+,20-,21+/m1/s1. The fraction of sp³-hybridized carbons (Fsp3) is 0.476. The molecule has 132 valence electrons. The molecule has 4 heteroatoms. The summed E-state index contributed by atoms with van der Waals surface area (Å²) in [5.41, 5.74) is 2.55. The fourth-order valence-electron chi connectivity index (χ4n) is 4.52. The largest absolute Gasteiger partial charge is 0.390 e. The molecule has 4 nitrogen and oxygen atoms in total. The van der Waals surface area contributed by atoms with Gasteiger partial charge in [0.25, 0.3) is 0 Å². The summed E-state index contributed by atoms with van der Waals surface area (Å²) in [6.45, 7) is 0. The Kier molecular flexibility index (Phi) is 4.84. The van der Waals surface area contributed by atoms with E-state index >= 15 is 0 Å². The summed E-state index contributed by atoms with van der Waals surface area (Å²) >= 11 is 0. The van der Waals surface area contributed by atoms with Crippen molar-refractivity contribution in [2.75, 3.05) is 0 Å². The molecular weight excluding hydrogens is 312 g/mol. The van der Waals surface area contributed by atoms with Crippen molar-refractivity contribution in [1.29, 1.82) is 0 Å². The molecule has 0 radical (unpaired) electrons. The van der Waals surface area contributed by atoms with Crippen molar-refractivity contribution in [2.45, 2.75) is 50.0 Å². The Morgan fingerprint density at radius 3 is 2.60 bits per heavy atom. The lowest BCUT2D eigenvalue weighted by atomic mass is 9.70. The van der Waals surface area contributed by atoms with Gasteiger partial charge in [-0.3, -0.25) is 4.98 Å². The molecule has 6 atom stereocenters. The van der Waals surface area contributed by atoms with E-state index in [0.29, 0.717) is 18.4 Å². The van der Waals surface area contributed by atoms with E-state index in [2.05, 4.69) is 40.6 Å². The average molecular weight is 338 g/mol. The number of hydrogen-bond donors (Lipinski definition) is 3. The van der Waals surface area contributed by atoms with Crippen molar-refractivity contribution in [3.8, 4) is 0 Å². The first kappa shape index (κ1) is 16.7. The third-order valence-corrected chi connectivity index (χ3v) is 6.00. The lowest BCUT2D eigenvalue weighted by molar-refractivity contribution is -0.00695. The molecule has 2 aliphatic rings. The molecule has 1 unspecified atom stereocenters. The molecule has 0 spiro atoms. The quantitative estimate of drug-likeness (QED) is 0.757. The van der Waals surface area contributed by atoms with Crippen LogP contribution in [0.15, 0.2) is 54.9 Å². The van der Waals surface area contributed by atoms with Gasteiger partial charge >= 0.3 is 0 Å². The van der Waals surface area contributed by atoms with Gasteiger partial charge < -0.3 is 15.5 Å². The molecule has 2 saturated carbocycles. The Labute approximate surface area is 148 Å². The molecule has 2 aromatic rings. The monoisotopic (exact) mass is 338 g/mol. The van der Waals surface area contributed by atoms with Crippen molar-refractivity contribution in [3.05, 3.63) is 66.0 Å². The molecule has 1 aromatic heterocycles. The minimum Gasteiger partial charge on any atom is -0.390 e. The summed E-state index contributed by atoms with van der Waals surface area (Å²) in [6, 6.07) is 15.3. The van der Waals surface area contributed by atoms with Gasteiger partial charge in [0.15, 0.2) is 0 Å². The van der Waals surface area contributed by atoms with Crippen LogP contribution in [-0.2, 0) is 6.42 Å². The molecule has 3 N–H and O–H groups in total. The highest BCUT2D eigenvalue weighted by molar-refractivity contribution is 5.21. The number of rotatable bonds is 6. The zero-order chi connectivity index (χ0) is 17.2. The second-order valence-electron chi connectivity index (χ2n) is 7.49. The Morgan fingerprint density at radius 1 is 1.04 bits per heavy atom. The van der Waals surface area contributed by atoms with Crippen molar-refractivity contribution in [1.82, 2.24) is 10.3 Å². The summed E-state index contributed by atoms with van der Waals surface area (Å²) in [5, 5.41) is 23.7. The number of nitrogens with zero attached hydrogens (tertiary/aromatic N) is 1. The molecule has 1 aromatic carbocycles. The van der Waals surface area contributed by atoms with Crippen LogP contribution >= 0.6 is 0 Å². The minimum absolute atomic E-state index is 0.266. The molecule has 25 heavy (non-hydrogen) atoms. The van der Waals surface area contributed by atoms with E-state index in [0.717, 1.165) is 19.3 Å². The van der Waals surface area contributed by atoms with E-state index in [4.69, 9.17) is 0 Å². The lowest BCUT2D eigenvalue weighted by Gasteiger charge is -2.44. The van der Waals surface area contributed by atoms with Crippen molar-refractivity contribution >= 4 is 0 Å². The molecule has 0 saturated heterocycles. The summed E-state index contributed by atoms with van der Waals surface area (Å²) < 4.78 is 0. The molecule has 0 bridgehead atoms. The number of pyridine rings is 1. The maximum Gasteiger partial charge on any atom is 0.0831 e. The van der Waals surface area contributed by atoms with E-state index in [9.17, 15) is 10.2 Å². The number of benzene rings is 1. The maximum absolute atomic E-state index is 10.0. The van der Waals surface area contributed by atoms with Crippen LogP contribution in [0.2, 0.25) is 0 Å². The molecular formula is C21H26N2O2. The zero-order valence-corrected chi connectivity index (χ0v) is 14.3. The average Bonchev–Trinajstić information content (AvgIpc) is 2.87. The molecule has 0 aliphatic heterocycles.